The summed E-state index contributed by atoms with van der Waals surface area (Å²) in [6, 6.07) is 7.65. The number of nitrogen functional groups attached to an aromatic ring is 2. The molecular formula is C21H32Cl2N8O4S. The Morgan fingerprint density at radius 1 is 1.11 bits per heavy atom. The quantitative estimate of drug-likeness (QED) is 0.168. The molecule has 12 nitrogen and oxygen atoms in total. The molecular weight excluding hydrogens is 531 g/mol. The number of ether oxygens (including phenoxy) is 1. The lowest BCUT2D eigenvalue weighted by atomic mass is 10.1. The highest BCUT2D eigenvalue weighted by atomic mass is 35.5. The number of anilines is 2. The van der Waals surface area contributed by atoms with E-state index in [1.807, 2.05) is 24.3 Å². The lowest BCUT2D eigenvalue weighted by molar-refractivity contribution is 0.0972. The standard InChI is InChI=1S/C21H31ClN8O4S.ClH/c1-30(2)35(32,33)13-5-12-34-15-9-7-14(8-10-15)6-3-4-11-26-21(25)29-20(31)16-18(23)28-19(24)17(22)27-16;/h7-10H,3-6,11-13H2,1-2H3,(H4,23,24,28)(H3,25,26,29,31);1H. The number of hydrogen-bond acceptors (Lipinski definition) is 9. The Hall–Kier alpha value is -2.87. The first kappa shape index (κ1) is 31.2. The van der Waals surface area contributed by atoms with Crippen molar-refractivity contribution >= 4 is 57.5 Å². The van der Waals surface area contributed by atoms with Crippen molar-refractivity contribution in [1.82, 2.24) is 19.6 Å². The molecule has 0 aliphatic carbocycles. The molecule has 2 aromatic rings. The molecule has 1 heterocycles. The molecule has 15 heteroatoms. The Bertz CT molecular complexity index is 1150. The molecule has 1 aromatic carbocycles. The summed E-state index contributed by atoms with van der Waals surface area (Å²) in [5.74, 6) is -0.239. The zero-order valence-electron chi connectivity index (χ0n) is 20.1. The Kier molecular flexibility index (Phi) is 12.7. The highest BCUT2D eigenvalue weighted by Gasteiger charge is 2.16. The molecule has 2 rings (SSSR count). The normalized spacial score (nSPS) is 11.7. The number of nitrogens with zero attached hydrogens (tertiary/aromatic N) is 4. The fourth-order valence-corrected chi connectivity index (χ4v) is 3.80. The first-order valence-corrected chi connectivity index (χ1v) is 12.8. The Morgan fingerprint density at radius 3 is 2.42 bits per heavy atom. The molecule has 200 valence electrons. The number of aliphatic imine (C=N–C) groups is 1. The van der Waals surface area contributed by atoms with E-state index in [1.165, 1.54) is 18.4 Å². The Labute approximate surface area is 222 Å². The van der Waals surface area contributed by atoms with Crippen LogP contribution in [0, 0.1) is 0 Å². The Morgan fingerprint density at radius 2 is 1.78 bits per heavy atom. The minimum Gasteiger partial charge on any atom is -0.494 e. The molecule has 0 saturated heterocycles. The number of nitrogens with one attached hydrogen (secondary N) is 1. The molecule has 7 N–H and O–H groups in total. The van der Waals surface area contributed by atoms with E-state index in [9.17, 15) is 13.2 Å². The van der Waals surface area contributed by atoms with Gasteiger partial charge in [-0.3, -0.25) is 15.1 Å². The van der Waals surface area contributed by atoms with Crippen molar-refractivity contribution in [3.63, 3.8) is 0 Å². The van der Waals surface area contributed by atoms with Gasteiger partial charge in [-0.25, -0.2) is 22.7 Å². The second-order valence-corrected chi connectivity index (χ2v) is 10.4. The van der Waals surface area contributed by atoms with Gasteiger partial charge in [-0.05, 0) is 43.4 Å². The van der Waals surface area contributed by atoms with Crippen molar-refractivity contribution in [2.45, 2.75) is 25.7 Å². The van der Waals surface area contributed by atoms with Crippen molar-refractivity contribution in [2.24, 2.45) is 10.7 Å². The number of guanidine groups is 1. The fraction of sp³-hybridized carbons (Fsp3) is 0.429. The van der Waals surface area contributed by atoms with E-state index in [2.05, 4.69) is 20.3 Å². The highest BCUT2D eigenvalue weighted by Crippen LogP contribution is 2.17. The van der Waals surface area contributed by atoms with E-state index in [0.29, 0.717) is 25.3 Å². The van der Waals surface area contributed by atoms with Gasteiger partial charge in [0.25, 0.3) is 5.91 Å². The van der Waals surface area contributed by atoms with Crippen molar-refractivity contribution in [3.8, 4) is 5.75 Å². The van der Waals surface area contributed by atoms with Gasteiger partial charge in [0.1, 0.15) is 5.75 Å². The van der Waals surface area contributed by atoms with Crippen molar-refractivity contribution in [3.05, 3.63) is 40.7 Å². The molecule has 0 aliphatic heterocycles. The van der Waals surface area contributed by atoms with Crippen LogP contribution in [0.5, 0.6) is 5.75 Å². The summed E-state index contributed by atoms with van der Waals surface area (Å²) < 4.78 is 30.3. The van der Waals surface area contributed by atoms with E-state index < -0.39 is 15.9 Å². The zero-order valence-corrected chi connectivity index (χ0v) is 22.5. The SMILES string of the molecule is CN(C)S(=O)(=O)CCCOc1ccc(CCCCN=C(N)NC(=O)c2nc(Cl)c(N)nc2N)cc1.Cl. The van der Waals surface area contributed by atoms with E-state index in [1.54, 1.807) is 0 Å². The number of hydrogen-bond donors (Lipinski definition) is 4. The number of aromatic nitrogens is 2. The molecule has 36 heavy (non-hydrogen) atoms. The van der Waals surface area contributed by atoms with E-state index in [4.69, 9.17) is 33.5 Å². The van der Waals surface area contributed by atoms with Gasteiger partial charge in [0, 0.05) is 20.6 Å². The molecule has 0 atom stereocenters. The fourth-order valence-electron chi connectivity index (χ4n) is 2.83. The van der Waals surface area contributed by atoms with Crippen molar-refractivity contribution in [2.75, 3.05) is 44.5 Å². The second-order valence-electron chi connectivity index (χ2n) is 7.76. The highest BCUT2D eigenvalue weighted by molar-refractivity contribution is 7.89. The van der Waals surface area contributed by atoms with Gasteiger partial charge >= 0.3 is 0 Å². The topological polar surface area (TPSA) is 192 Å². The zero-order chi connectivity index (χ0) is 26.0. The average molecular weight is 564 g/mol. The van der Waals surface area contributed by atoms with Crippen LogP contribution in [0.1, 0.15) is 35.3 Å². The lowest BCUT2D eigenvalue weighted by Crippen LogP contribution is -2.38. The van der Waals surface area contributed by atoms with Gasteiger partial charge in [0.15, 0.2) is 28.4 Å². The van der Waals surface area contributed by atoms with Gasteiger partial charge < -0.3 is 21.9 Å². The third-order valence-corrected chi connectivity index (χ3v) is 7.01. The molecule has 0 spiro atoms. The number of carbonyl (C=O) groups is 1. The molecule has 1 aromatic heterocycles. The summed E-state index contributed by atoms with van der Waals surface area (Å²) in [6.07, 6.45) is 2.87. The van der Waals surface area contributed by atoms with Crippen molar-refractivity contribution in [1.29, 1.82) is 0 Å². The number of unbranched alkanes of at least 4 members (excludes halogenated alkanes) is 1. The average Bonchev–Trinajstić information content (AvgIpc) is 2.79. The summed E-state index contributed by atoms with van der Waals surface area (Å²) in [5, 5.41) is 2.26. The number of halogens is 2. The number of rotatable bonds is 12. The summed E-state index contributed by atoms with van der Waals surface area (Å²) in [4.78, 5) is 23.9. The first-order chi connectivity index (χ1) is 16.5. The van der Waals surface area contributed by atoms with Gasteiger partial charge in [-0.15, -0.1) is 12.4 Å². The van der Waals surface area contributed by atoms with Crippen LogP contribution in [0.4, 0.5) is 11.6 Å². The maximum Gasteiger partial charge on any atom is 0.280 e. The van der Waals surface area contributed by atoms with Crippen LogP contribution in [0.15, 0.2) is 29.3 Å². The third-order valence-electron chi connectivity index (χ3n) is 4.81. The third kappa shape index (κ3) is 10.0. The maximum atomic E-state index is 12.2. The van der Waals surface area contributed by atoms with Gasteiger partial charge in [-0.2, -0.15) is 0 Å². The molecule has 0 bridgehead atoms. The van der Waals surface area contributed by atoms with Crippen molar-refractivity contribution < 1.29 is 17.9 Å². The number of sulfonamides is 1. The maximum absolute atomic E-state index is 12.2. The molecule has 0 aliphatic rings. The van der Waals surface area contributed by atoms with Gasteiger partial charge in [0.2, 0.25) is 10.0 Å². The molecule has 0 saturated carbocycles. The van der Waals surface area contributed by atoms with Crippen LogP contribution < -0.4 is 27.3 Å². The monoisotopic (exact) mass is 562 g/mol. The number of aryl methyl sites for hydroxylation is 1. The molecule has 1 amide bonds. The predicted octanol–water partition coefficient (Wildman–Crippen LogP) is 1.44. The number of carbonyl (C=O) groups excluding carboxylic acids is 1. The summed E-state index contributed by atoms with van der Waals surface area (Å²) in [6.45, 7) is 0.750. The van der Waals surface area contributed by atoms with Crippen LogP contribution >= 0.6 is 24.0 Å². The second kappa shape index (κ2) is 14.6. The summed E-state index contributed by atoms with van der Waals surface area (Å²) >= 11 is 5.77. The van der Waals surface area contributed by atoms with Gasteiger partial charge in [0.05, 0.1) is 12.4 Å². The van der Waals surface area contributed by atoms with E-state index in [-0.39, 0.29) is 46.6 Å². The minimum absolute atomic E-state index is 0. The van der Waals surface area contributed by atoms with E-state index >= 15 is 0 Å². The number of amides is 1. The smallest absolute Gasteiger partial charge is 0.280 e. The number of benzene rings is 1. The minimum atomic E-state index is -3.21. The predicted molar refractivity (Wildman–Crippen MR) is 144 cm³/mol. The first-order valence-electron chi connectivity index (χ1n) is 10.8. The van der Waals surface area contributed by atoms with Crippen LogP contribution in [0.2, 0.25) is 5.15 Å². The van der Waals surface area contributed by atoms with Crippen LogP contribution in [-0.4, -0.2) is 67.6 Å². The van der Waals surface area contributed by atoms with Crippen LogP contribution in [0.25, 0.3) is 0 Å². The summed E-state index contributed by atoms with van der Waals surface area (Å²) in [7, 11) is -0.179. The molecule has 0 radical (unpaired) electrons. The number of nitrogens with two attached hydrogens (primary N) is 3. The van der Waals surface area contributed by atoms with Crippen LogP contribution in [-0.2, 0) is 16.4 Å². The van der Waals surface area contributed by atoms with Gasteiger partial charge in [-0.1, -0.05) is 23.7 Å². The van der Waals surface area contributed by atoms with E-state index in [0.717, 1.165) is 24.8 Å². The lowest BCUT2D eigenvalue weighted by Gasteiger charge is -2.11. The Balaban J connectivity index is 0.00000648. The molecule has 0 unspecified atom stereocenters. The largest absolute Gasteiger partial charge is 0.494 e. The van der Waals surface area contributed by atoms with Crippen LogP contribution in [0.3, 0.4) is 0 Å². The molecule has 0 fully saturated rings. The summed E-state index contributed by atoms with van der Waals surface area (Å²) in [5.41, 5.74) is 17.8.